The van der Waals surface area contributed by atoms with Gasteiger partial charge in [-0.05, 0) is 54.8 Å². The number of anilines is 1. The highest BCUT2D eigenvalue weighted by molar-refractivity contribution is 7.92. The van der Waals surface area contributed by atoms with Crippen molar-refractivity contribution in [2.75, 3.05) is 10.8 Å². The second-order valence-electron chi connectivity index (χ2n) is 11.2. The number of hydrogen-bond donors (Lipinski definition) is 1. The minimum absolute atomic E-state index is 0.0514. The summed E-state index contributed by atoms with van der Waals surface area (Å²) in [5.74, 6) is -2.51. The largest absolute Gasteiger partial charge is 0.352 e. The number of halogens is 3. The standard InChI is InChI=1S/C35H34ClF2N3O4S/c36-30-22-28(19-20-32(30)38)41(46(44,45)29-16-5-2-6-17-29)24-34(42)40(23-26-13-7-10-18-31(26)37)33(21-25-11-3-1-4-12-25)35(43)39-27-14-8-9-15-27/h1-7,10-13,16-20,22,27,33H,8-9,14-15,21,23-24H2,(H,39,43). The molecule has 1 aliphatic carbocycles. The average molecular weight is 666 g/mol. The van der Waals surface area contributed by atoms with E-state index in [1.165, 1.54) is 53.4 Å². The van der Waals surface area contributed by atoms with E-state index in [1.54, 1.807) is 12.1 Å². The summed E-state index contributed by atoms with van der Waals surface area (Å²) >= 11 is 6.05. The lowest BCUT2D eigenvalue weighted by Gasteiger charge is -2.34. The Hall–Kier alpha value is -4.28. The summed E-state index contributed by atoms with van der Waals surface area (Å²) in [6.07, 6.45) is 3.66. The summed E-state index contributed by atoms with van der Waals surface area (Å²) in [6, 6.07) is 24.7. The summed E-state index contributed by atoms with van der Waals surface area (Å²) in [5.41, 5.74) is 0.869. The van der Waals surface area contributed by atoms with E-state index in [2.05, 4.69) is 5.32 Å². The van der Waals surface area contributed by atoms with Crippen molar-refractivity contribution in [3.05, 3.63) is 131 Å². The van der Waals surface area contributed by atoms with E-state index >= 15 is 4.39 Å². The van der Waals surface area contributed by atoms with Gasteiger partial charge in [0.25, 0.3) is 10.0 Å². The number of nitrogens with zero attached hydrogens (tertiary/aromatic N) is 2. The smallest absolute Gasteiger partial charge is 0.264 e. The van der Waals surface area contributed by atoms with E-state index in [-0.39, 0.29) is 40.2 Å². The fraction of sp³-hybridized carbons (Fsp3) is 0.257. The molecule has 4 aromatic carbocycles. The Morgan fingerprint density at radius 1 is 0.848 bits per heavy atom. The Morgan fingerprint density at radius 2 is 1.48 bits per heavy atom. The zero-order chi connectivity index (χ0) is 32.7. The number of rotatable bonds is 12. The monoisotopic (exact) mass is 665 g/mol. The molecule has 1 fully saturated rings. The molecule has 0 bridgehead atoms. The predicted molar refractivity (Wildman–Crippen MR) is 174 cm³/mol. The molecular formula is C35H34ClF2N3O4S. The molecule has 240 valence electrons. The van der Waals surface area contributed by atoms with Crippen molar-refractivity contribution in [2.45, 2.75) is 55.6 Å². The van der Waals surface area contributed by atoms with Crippen LogP contribution in [0.15, 0.2) is 108 Å². The topological polar surface area (TPSA) is 86.8 Å². The molecule has 0 spiro atoms. The normalized spacial score (nSPS) is 14.1. The van der Waals surface area contributed by atoms with Crippen molar-refractivity contribution in [1.29, 1.82) is 0 Å². The van der Waals surface area contributed by atoms with Crippen LogP contribution in [-0.4, -0.2) is 43.8 Å². The van der Waals surface area contributed by atoms with Gasteiger partial charge in [-0.2, -0.15) is 0 Å². The highest BCUT2D eigenvalue weighted by Crippen LogP contribution is 2.29. The first-order chi connectivity index (χ1) is 22.1. The quantitative estimate of drug-likeness (QED) is 0.187. The molecular weight excluding hydrogens is 632 g/mol. The van der Waals surface area contributed by atoms with Gasteiger partial charge in [0.1, 0.15) is 24.2 Å². The Balaban J connectivity index is 1.58. The van der Waals surface area contributed by atoms with Crippen molar-refractivity contribution in [3.8, 4) is 0 Å². The molecule has 4 aromatic rings. The van der Waals surface area contributed by atoms with Gasteiger partial charge in [-0.25, -0.2) is 17.2 Å². The third-order valence-electron chi connectivity index (χ3n) is 8.07. The van der Waals surface area contributed by atoms with Gasteiger partial charge in [0.05, 0.1) is 15.6 Å². The third-order valence-corrected chi connectivity index (χ3v) is 10.2. The maximum atomic E-state index is 15.1. The number of benzene rings is 4. The highest BCUT2D eigenvalue weighted by atomic mass is 35.5. The van der Waals surface area contributed by atoms with Crippen LogP contribution in [0.25, 0.3) is 0 Å². The molecule has 7 nitrogen and oxygen atoms in total. The highest BCUT2D eigenvalue weighted by Gasteiger charge is 2.36. The van der Waals surface area contributed by atoms with Crippen molar-refractivity contribution in [2.24, 2.45) is 0 Å². The first-order valence-electron chi connectivity index (χ1n) is 15.0. The van der Waals surface area contributed by atoms with E-state index in [1.807, 2.05) is 30.3 Å². The van der Waals surface area contributed by atoms with Gasteiger partial charge in [-0.1, -0.05) is 91.2 Å². The number of hydrogen-bond acceptors (Lipinski definition) is 4. The van der Waals surface area contributed by atoms with Crippen LogP contribution in [0.1, 0.15) is 36.8 Å². The van der Waals surface area contributed by atoms with Gasteiger partial charge in [0.2, 0.25) is 11.8 Å². The summed E-state index contributed by atoms with van der Waals surface area (Å²) in [5, 5.41) is 2.74. The van der Waals surface area contributed by atoms with Crippen LogP contribution in [-0.2, 0) is 32.6 Å². The van der Waals surface area contributed by atoms with E-state index < -0.39 is 46.1 Å². The molecule has 0 saturated heterocycles. The molecule has 1 saturated carbocycles. The molecule has 0 radical (unpaired) electrons. The van der Waals surface area contributed by atoms with E-state index in [9.17, 15) is 22.4 Å². The zero-order valence-corrected chi connectivity index (χ0v) is 26.6. The first-order valence-corrected chi connectivity index (χ1v) is 16.9. The third kappa shape index (κ3) is 7.92. The number of carbonyl (C=O) groups is 2. The predicted octanol–water partition coefficient (Wildman–Crippen LogP) is 6.51. The number of amides is 2. The molecule has 46 heavy (non-hydrogen) atoms. The van der Waals surface area contributed by atoms with Crippen LogP contribution in [0.2, 0.25) is 5.02 Å². The second-order valence-corrected chi connectivity index (χ2v) is 13.5. The first kappa shape index (κ1) is 33.1. The van der Waals surface area contributed by atoms with E-state index in [0.29, 0.717) is 0 Å². The lowest BCUT2D eigenvalue weighted by Crippen LogP contribution is -2.54. The van der Waals surface area contributed by atoms with Gasteiger partial charge < -0.3 is 10.2 Å². The SMILES string of the molecule is O=C(NC1CCCC1)C(Cc1ccccc1)N(Cc1ccccc1F)C(=O)CN(c1ccc(F)c(Cl)c1)S(=O)(=O)c1ccccc1. The fourth-order valence-corrected chi connectivity index (χ4v) is 7.22. The van der Waals surface area contributed by atoms with Crippen molar-refractivity contribution >= 4 is 39.1 Å². The fourth-order valence-electron chi connectivity index (χ4n) is 5.62. The second kappa shape index (κ2) is 14.9. The lowest BCUT2D eigenvalue weighted by molar-refractivity contribution is -0.140. The van der Waals surface area contributed by atoms with Crippen LogP contribution in [0.3, 0.4) is 0 Å². The summed E-state index contributed by atoms with van der Waals surface area (Å²) in [7, 11) is -4.39. The molecule has 11 heteroatoms. The average Bonchev–Trinajstić information content (AvgIpc) is 3.57. The van der Waals surface area contributed by atoms with E-state index in [4.69, 9.17) is 11.6 Å². The van der Waals surface area contributed by atoms with Crippen LogP contribution < -0.4 is 9.62 Å². The van der Waals surface area contributed by atoms with Crippen LogP contribution in [0.5, 0.6) is 0 Å². The Kier molecular flexibility index (Phi) is 10.7. The molecule has 1 atom stereocenters. The van der Waals surface area contributed by atoms with Crippen LogP contribution >= 0.6 is 11.6 Å². The van der Waals surface area contributed by atoms with Gasteiger partial charge in [0.15, 0.2) is 0 Å². The molecule has 5 rings (SSSR count). The Morgan fingerprint density at radius 3 is 2.13 bits per heavy atom. The van der Waals surface area contributed by atoms with Crippen LogP contribution in [0, 0.1) is 11.6 Å². The van der Waals surface area contributed by atoms with Crippen LogP contribution in [0.4, 0.5) is 14.5 Å². The van der Waals surface area contributed by atoms with Gasteiger partial charge >= 0.3 is 0 Å². The van der Waals surface area contributed by atoms with Gasteiger partial charge in [-0.3, -0.25) is 13.9 Å². The van der Waals surface area contributed by atoms with E-state index in [0.717, 1.165) is 47.7 Å². The molecule has 1 N–H and O–H groups in total. The van der Waals surface area contributed by atoms with Crippen molar-refractivity contribution in [1.82, 2.24) is 10.2 Å². The minimum atomic E-state index is -4.39. The molecule has 1 unspecified atom stereocenters. The maximum absolute atomic E-state index is 15.1. The number of carbonyl (C=O) groups excluding carboxylic acids is 2. The Bertz CT molecular complexity index is 1770. The van der Waals surface area contributed by atoms with Crippen molar-refractivity contribution in [3.63, 3.8) is 0 Å². The molecule has 1 aliphatic rings. The minimum Gasteiger partial charge on any atom is -0.352 e. The summed E-state index contributed by atoms with van der Waals surface area (Å²) in [6.45, 7) is -1.07. The molecule has 0 aromatic heterocycles. The van der Waals surface area contributed by atoms with Crippen molar-refractivity contribution < 1.29 is 26.8 Å². The number of nitrogens with one attached hydrogen (secondary N) is 1. The lowest BCUT2D eigenvalue weighted by atomic mass is 10.0. The summed E-state index contributed by atoms with van der Waals surface area (Å²) in [4.78, 5) is 29.6. The van der Waals surface area contributed by atoms with Gasteiger partial charge in [0, 0.05) is 24.6 Å². The molecule has 0 aliphatic heterocycles. The maximum Gasteiger partial charge on any atom is 0.264 e. The summed E-state index contributed by atoms with van der Waals surface area (Å²) < 4.78 is 58.1. The zero-order valence-electron chi connectivity index (χ0n) is 25.0. The molecule has 0 heterocycles. The molecule has 2 amide bonds. The van der Waals surface area contributed by atoms with Gasteiger partial charge in [-0.15, -0.1) is 0 Å². The Labute approximate surface area is 272 Å². The number of sulfonamides is 1.